The van der Waals surface area contributed by atoms with Gasteiger partial charge in [-0.2, -0.15) is 0 Å². The molecule has 0 aromatic carbocycles. The van der Waals surface area contributed by atoms with Crippen molar-refractivity contribution < 1.29 is 4.43 Å². The van der Waals surface area contributed by atoms with Gasteiger partial charge in [-0.15, -0.1) is 0 Å². The third kappa shape index (κ3) is 8.04. The molecule has 0 unspecified atom stereocenters. The molecule has 0 fully saturated rings. The summed E-state index contributed by atoms with van der Waals surface area (Å²) in [6.45, 7) is 18.8. The normalized spacial score (nSPS) is 14.4. The summed E-state index contributed by atoms with van der Waals surface area (Å²) in [6, 6.07) is 0. The van der Waals surface area contributed by atoms with Gasteiger partial charge in [0, 0.05) is 6.61 Å². The third-order valence-corrected chi connectivity index (χ3v) is 8.01. The first-order valence-corrected chi connectivity index (χ1v) is 10.0. The van der Waals surface area contributed by atoms with Crippen molar-refractivity contribution in [3.8, 4) is 0 Å². The Labute approximate surface area is 115 Å². The van der Waals surface area contributed by atoms with E-state index < -0.39 is 8.32 Å². The Morgan fingerprint density at radius 2 is 1.56 bits per heavy atom. The molecule has 2 nitrogen and oxygen atoms in total. The van der Waals surface area contributed by atoms with Crippen LogP contribution in [0.25, 0.3) is 0 Å². The Balaban J connectivity index is 3.73. The van der Waals surface area contributed by atoms with Crippen molar-refractivity contribution >= 4 is 14.5 Å². The average molecular weight is 272 g/mol. The Morgan fingerprint density at radius 3 is 2.00 bits per heavy atom. The van der Waals surface area contributed by atoms with Gasteiger partial charge >= 0.3 is 0 Å². The van der Waals surface area contributed by atoms with Crippen LogP contribution in [0.15, 0.2) is 4.99 Å². The van der Waals surface area contributed by atoms with Crippen LogP contribution in [0.3, 0.4) is 0 Å². The molecule has 0 saturated carbocycles. The van der Waals surface area contributed by atoms with Crippen molar-refractivity contribution in [2.24, 2.45) is 4.99 Å². The second-order valence-electron chi connectivity index (χ2n) is 7.59. The number of nitrogens with zero attached hydrogens (tertiary/aromatic N) is 1. The topological polar surface area (TPSA) is 21.6 Å². The summed E-state index contributed by atoms with van der Waals surface area (Å²) in [5.41, 5.74) is 0.0671. The molecule has 0 N–H and O–H groups in total. The quantitative estimate of drug-likeness (QED) is 0.376. The first kappa shape index (κ1) is 17.8. The highest BCUT2D eigenvalue weighted by Gasteiger charge is 2.36. The van der Waals surface area contributed by atoms with Crippen molar-refractivity contribution in [3.05, 3.63) is 0 Å². The van der Waals surface area contributed by atoms with E-state index in [1.165, 1.54) is 6.42 Å². The van der Waals surface area contributed by atoms with Crippen LogP contribution in [-0.4, -0.2) is 26.7 Å². The molecule has 0 radical (unpaired) electrons. The smallest absolute Gasteiger partial charge is 0.191 e. The highest BCUT2D eigenvalue weighted by molar-refractivity contribution is 6.74. The van der Waals surface area contributed by atoms with E-state index in [0.29, 0.717) is 5.04 Å². The fourth-order valence-electron chi connectivity index (χ4n) is 1.22. The van der Waals surface area contributed by atoms with Gasteiger partial charge in [0.2, 0.25) is 0 Å². The van der Waals surface area contributed by atoms with E-state index in [1.807, 2.05) is 0 Å². The largest absolute Gasteiger partial charge is 0.417 e. The van der Waals surface area contributed by atoms with Gasteiger partial charge in [-0.1, -0.05) is 20.8 Å². The molecule has 0 amide bonds. The molecular weight excluding hydrogens is 238 g/mol. The predicted octanol–water partition coefficient (Wildman–Crippen LogP) is 5.05. The highest BCUT2D eigenvalue weighted by Crippen LogP contribution is 2.36. The van der Waals surface area contributed by atoms with Gasteiger partial charge in [-0.25, -0.2) is 0 Å². The van der Waals surface area contributed by atoms with Crippen LogP contribution in [-0.2, 0) is 4.43 Å². The lowest BCUT2D eigenvalue weighted by atomic mass is 10.1. The Kier molecular flexibility index (Phi) is 6.79. The minimum Gasteiger partial charge on any atom is -0.417 e. The van der Waals surface area contributed by atoms with Crippen LogP contribution in [0.5, 0.6) is 0 Å². The summed E-state index contributed by atoms with van der Waals surface area (Å²) < 4.78 is 6.14. The molecule has 108 valence electrons. The maximum Gasteiger partial charge on any atom is 0.191 e. The molecule has 0 spiro atoms. The molecule has 0 heterocycles. The molecule has 0 aromatic heterocycles. The minimum atomic E-state index is -1.54. The Hall–Kier alpha value is -0.153. The molecule has 18 heavy (non-hydrogen) atoms. The molecule has 0 atom stereocenters. The summed E-state index contributed by atoms with van der Waals surface area (Å²) >= 11 is 0. The number of aliphatic imine (C=N–C) groups is 1. The van der Waals surface area contributed by atoms with Crippen LogP contribution in [0, 0.1) is 0 Å². The van der Waals surface area contributed by atoms with Crippen molar-refractivity contribution in [3.63, 3.8) is 0 Å². The van der Waals surface area contributed by atoms with Gasteiger partial charge < -0.3 is 4.43 Å². The minimum absolute atomic E-state index is 0.0671. The van der Waals surface area contributed by atoms with E-state index in [4.69, 9.17) is 4.43 Å². The molecule has 3 heteroatoms. The van der Waals surface area contributed by atoms with Crippen molar-refractivity contribution in [1.29, 1.82) is 0 Å². The highest BCUT2D eigenvalue weighted by atomic mass is 28.4. The second-order valence-corrected chi connectivity index (χ2v) is 12.4. The molecule has 0 saturated heterocycles. The first-order chi connectivity index (χ1) is 7.96. The lowest BCUT2D eigenvalue weighted by Gasteiger charge is -2.36. The molecule has 0 aromatic rings. The monoisotopic (exact) mass is 271 g/mol. The fraction of sp³-hybridized carbons (Fsp3) is 0.933. The maximum atomic E-state index is 6.14. The maximum absolute atomic E-state index is 6.14. The predicted molar refractivity (Wildman–Crippen MR) is 85.2 cm³/mol. The lowest BCUT2D eigenvalue weighted by Crippen LogP contribution is -2.40. The van der Waals surface area contributed by atoms with Crippen molar-refractivity contribution in [2.75, 3.05) is 6.61 Å². The van der Waals surface area contributed by atoms with E-state index >= 15 is 0 Å². The number of hydrogen-bond acceptors (Lipinski definition) is 2. The molecule has 0 aliphatic heterocycles. The lowest BCUT2D eigenvalue weighted by molar-refractivity contribution is 0.280. The van der Waals surface area contributed by atoms with E-state index in [9.17, 15) is 0 Å². The van der Waals surface area contributed by atoms with Crippen LogP contribution in [0.4, 0.5) is 0 Å². The zero-order valence-electron chi connectivity index (χ0n) is 13.8. The van der Waals surface area contributed by atoms with Crippen molar-refractivity contribution in [2.45, 2.75) is 84.5 Å². The summed E-state index contributed by atoms with van der Waals surface area (Å²) in [5, 5.41) is 0.320. The van der Waals surface area contributed by atoms with Gasteiger partial charge in [0.15, 0.2) is 8.32 Å². The van der Waals surface area contributed by atoms with Crippen LogP contribution in [0.2, 0.25) is 18.1 Å². The summed E-state index contributed by atoms with van der Waals surface area (Å²) in [4.78, 5) is 4.49. The molecule has 0 aliphatic rings. The second kappa shape index (κ2) is 6.85. The third-order valence-electron chi connectivity index (χ3n) is 3.48. The molecule has 0 bridgehead atoms. The Bertz CT molecular complexity index is 259. The Morgan fingerprint density at radius 1 is 1.00 bits per heavy atom. The first-order valence-electron chi connectivity index (χ1n) is 7.13. The van der Waals surface area contributed by atoms with Gasteiger partial charge in [0.1, 0.15) is 0 Å². The van der Waals surface area contributed by atoms with Crippen LogP contribution in [0.1, 0.15) is 60.8 Å². The zero-order valence-corrected chi connectivity index (χ0v) is 14.8. The summed E-state index contributed by atoms with van der Waals surface area (Å²) in [5.74, 6) is 0. The molecule has 0 aliphatic carbocycles. The van der Waals surface area contributed by atoms with E-state index in [1.54, 1.807) is 0 Å². The summed E-state index contributed by atoms with van der Waals surface area (Å²) in [7, 11) is -1.54. The number of unbranched alkanes of at least 4 members (excludes halogenated alkanes) is 2. The number of hydrogen-bond donors (Lipinski definition) is 0. The van der Waals surface area contributed by atoms with Crippen molar-refractivity contribution in [1.82, 2.24) is 0 Å². The van der Waals surface area contributed by atoms with Crippen LogP contribution < -0.4 is 0 Å². The van der Waals surface area contributed by atoms with Gasteiger partial charge in [0.05, 0.1) is 5.54 Å². The average Bonchev–Trinajstić information content (AvgIpc) is 2.12. The van der Waals surface area contributed by atoms with Crippen LogP contribution >= 0.6 is 0 Å². The standard InChI is InChI=1S/C15H33NOSi/c1-14(2,3)16-12-10-9-11-13-17-18(7,8)15(4,5)6/h12H,9-11,13H2,1-8H3. The molecular formula is C15H33NOSi. The SMILES string of the molecule is CC(C)(C)N=CCCCCO[Si](C)(C)C(C)(C)C. The zero-order chi connectivity index (χ0) is 14.4. The van der Waals surface area contributed by atoms with E-state index in [0.717, 1.165) is 19.4 Å². The number of rotatable bonds is 6. The van der Waals surface area contributed by atoms with Gasteiger partial charge in [0.25, 0.3) is 0 Å². The van der Waals surface area contributed by atoms with Gasteiger partial charge in [-0.3, -0.25) is 4.99 Å². The summed E-state index contributed by atoms with van der Waals surface area (Å²) in [6.07, 6.45) is 5.45. The molecule has 0 rings (SSSR count). The van der Waals surface area contributed by atoms with Gasteiger partial charge in [-0.05, 0) is 64.4 Å². The fourth-order valence-corrected chi connectivity index (χ4v) is 2.31. The van der Waals surface area contributed by atoms with E-state index in [2.05, 4.69) is 65.8 Å². The van der Waals surface area contributed by atoms with E-state index in [-0.39, 0.29) is 5.54 Å².